The molecular formula is C19H17Cl2N3O3. The van der Waals surface area contributed by atoms with E-state index in [1.54, 1.807) is 42.9 Å². The Morgan fingerprint density at radius 2 is 2.00 bits per heavy atom. The number of nitrogens with zero attached hydrogens (tertiary/aromatic N) is 2. The molecule has 3 rings (SSSR count). The molecule has 2 heterocycles. The maximum absolute atomic E-state index is 13.3. The van der Waals surface area contributed by atoms with Crippen LogP contribution < -0.4 is 16.0 Å². The Hall–Kier alpha value is -2.46. The average molecular weight is 406 g/mol. The van der Waals surface area contributed by atoms with E-state index in [1.165, 1.54) is 0 Å². The molecular weight excluding hydrogens is 389 g/mol. The van der Waals surface area contributed by atoms with Crippen molar-refractivity contribution in [3.8, 4) is 11.8 Å². The van der Waals surface area contributed by atoms with E-state index in [1.807, 2.05) is 6.07 Å². The lowest BCUT2D eigenvalue weighted by Gasteiger charge is -2.28. The zero-order chi connectivity index (χ0) is 19.7. The molecule has 0 radical (unpaired) electrons. The van der Waals surface area contributed by atoms with Gasteiger partial charge in [0, 0.05) is 41.0 Å². The Bertz CT molecular complexity index is 1020. The van der Waals surface area contributed by atoms with Gasteiger partial charge in [0.2, 0.25) is 5.88 Å². The number of nitriles is 1. The van der Waals surface area contributed by atoms with Gasteiger partial charge < -0.3 is 19.8 Å². The minimum Gasteiger partial charge on any atom is -0.440 e. The van der Waals surface area contributed by atoms with Crippen molar-refractivity contribution in [2.24, 2.45) is 5.73 Å². The summed E-state index contributed by atoms with van der Waals surface area (Å²) in [7, 11) is 1.56. The van der Waals surface area contributed by atoms with Crippen LogP contribution in [0.2, 0.25) is 10.0 Å². The van der Waals surface area contributed by atoms with Crippen LogP contribution in [-0.2, 0) is 11.3 Å². The Kier molecular flexibility index (Phi) is 5.47. The summed E-state index contributed by atoms with van der Waals surface area (Å²) in [6, 6.07) is 8.76. The molecule has 2 N–H and O–H groups in total. The van der Waals surface area contributed by atoms with Crippen LogP contribution in [0.25, 0.3) is 0 Å². The maximum Gasteiger partial charge on any atom is 0.258 e. The fourth-order valence-electron chi connectivity index (χ4n) is 3.22. The zero-order valence-electron chi connectivity index (χ0n) is 14.8. The van der Waals surface area contributed by atoms with Crippen LogP contribution in [0, 0.1) is 18.3 Å². The Labute approximate surface area is 166 Å². The highest BCUT2D eigenvalue weighted by Gasteiger charge is 2.36. The lowest BCUT2D eigenvalue weighted by Crippen LogP contribution is -2.33. The first-order valence-electron chi connectivity index (χ1n) is 8.15. The number of fused-ring (bicyclic) bond motifs is 1. The molecule has 0 fully saturated rings. The van der Waals surface area contributed by atoms with E-state index < -0.39 is 5.92 Å². The predicted molar refractivity (Wildman–Crippen MR) is 103 cm³/mol. The number of rotatable bonds is 4. The largest absolute Gasteiger partial charge is 0.440 e. The summed E-state index contributed by atoms with van der Waals surface area (Å²) in [6.07, 6.45) is 0. The lowest BCUT2D eigenvalue weighted by molar-refractivity contribution is 0.185. The van der Waals surface area contributed by atoms with E-state index in [0.717, 1.165) is 0 Å². The van der Waals surface area contributed by atoms with Gasteiger partial charge in [-0.15, -0.1) is 0 Å². The SMILES string of the molecule is COCCn1c(C)cc2c(c1=O)[C@H](c1c(Cl)cccc1Cl)C(C#N)=C(N)O2. The van der Waals surface area contributed by atoms with E-state index in [9.17, 15) is 10.1 Å². The van der Waals surface area contributed by atoms with Crippen molar-refractivity contribution in [3.05, 3.63) is 72.9 Å². The molecule has 0 bridgehead atoms. The molecule has 27 heavy (non-hydrogen) atoms. The minimum absolute atomic E-state index is 0.0700. The highest BCUT2D eigenvalue weighted by atomic mass is 35.5. The van der Waals surface area contributed by atoms with E-state index in [2.05, 4.69) is 0 Å². The summed E-state index contributed by atoms with van der Waals surface area (Å²) in [4.78, 5) is 13.3. The van der Waals surface area contributed by atoms with Crippen molar-refractivity contribution in [1.29, 1.82) is 5.26 Å². The monoisotopic (exact) mass is 405 g/mol. The van der Waals surface area contributed by atoms with Crippen LogP contribution in [-0.4, -0.2) is 18.3 Å². The number of nitrogens with two attached hydrogens (primary N) is 1. The quantitative estimate of drug-likeness (QED) is 0.841. The first-order valence-corrected chi connectivity index (χ1v) is 8.91. The number of aryl methyl sites for hydroxylation is 1. The third-order valence-corrected chi connectivity index (χ3v) is 5.16. The normalized spacial score (nSPS) is 15.9. The zero-order valence-corrected chi connectivity index (χ0v) is 16.3. The third-order valence-electron chi connectivity index (χ3n) is 4.50. The van der Waals surface area contributed by atoms with Crippen molar-refractivity contribution in [2.45, 2.75) is 19.4 Å². The van der Waals surface area contributed by atoms with Gasteiger partial charge in [0.05, 0.1) is 18.1 Å². The van der Waals surface area contributed by atoms with Gasteiger partial charge in [-0.2, -0.15) is 5.26 Å². The number of hydrogen-bond acceptors (Lipinski definition) is 5. The standard InChI is InChI=1S/C19H17Cl2N3O3/c1-10-8-14-17(19(25)24(10)6-7-26-2)15(11(9-22)18(23)27-14)16-12(20)4-3-5-13(16)21/h3-5,8,15H,6-7,23H2,1-2H3/t15-/m0/s1. The topological polar surface area (TPSA) is 90.3 Å². The first kappa shape index (κ1) is 19.3. The predicted octanol–water partition coefficient (Wildman–Crippen LogP) is 3.33. The van der Waals surface area contributed by atoms with Gasteiger partial charge in [0.25, 0.3) is 5.56 Å². The molecule has 1 aromatic carbocycles. The molecule has 0 saturated carbocycles. The van der Waals surface area contributed by atoms with Gasteiger partial charge in [-0.1, -0.05) is 29.3 Å². The second kappa shape index (κ2) is 7.65. The molecule has 140 valence electrons. The summed E-state index contributed by atoms with van der Waals surface area (Å²) >= 11 is 12.8. The molecule has 0 aliphatic carbocycles. The Balaban J connectivity index is 2.34. The number of benzene rings is 1. The molecule has 8 heteroatoms. The van der Waals surface area contributed by atoms with Crippen molar-refractivity contribution in [3.63, 3.8) is 0 Å². The molecule has 1 aromatic heterocycles. The Morgan fingerprint density at radius 1 is 1.33 bits per heavy atom. The molecule has 0 unspecified atom stereocenters. The van der Waals surface area contributed by atoms with Crippen LogP contribution in [0.15, 0.2) is 40.5 Å². The highest BCUT2D eigenvalue weighted by Crippen LogP contribution is 2.45. The van der Waals surface area contributed by atoms with Crippen molar-refractivity contribution in [1.82, 2.24) is 4.57 Å². The highest BCUT2D eigenvalue weighted by molar-refractivity contribution is 6.36. The molecule has 1 atom stereocenters. The minimum atomic E-state index is -0.818. The van der Waals surface area contributed by atoms with Crippen LogP contribution in [0.4, 0.5) is 0 Å². The fraction of sp³-hybridized carbons (Fsp3) is 0.263. The summed E-state index contributed by atoms with van der Waals surface area (Å²) in [5, 5.41) is 10.3. The van der Waals surface area contributed by atoms with Crippen LogP contribution in [0.5, 0.6) is 5.75 Å². The molecule has 1 aliphatic heterocycles. The molecule has 2 aromatic rings. The number of methoxy groups -OCH3 is 1. The van der Waals surface area contributed by atoms with Gasteiger partial charge in [-0.05, 0) is 19.1 Å². The first-order chi connectivity index (χ1) is 12.9. The summed E-state index contributed by atoms with van der Waals surface area (Å²) < 4.78 is 12.3. The summed E-state index contributed by atoms with van der Waals surface area (Å²) in [6.45, 7) is 2.51. The van der Waals surface area contributed by atoms with Crippen molar-refractivity contribution < 1.29 is 9.47 Å². The number of halogens is 2. The summed E-state index contributed by atoms with van der Waals surface area (Å²) in [5.41, 5.74) is 7.17. The van der Waals surface area contributed by atoms with Crippen LogP contribution in [0.1, 0.15) is 22.7 Å². The second-order valence-electron chi connectivity index (χ2n) is 6.07. The van der Waals surface area contributed by atoms with Crippen molar-refractivity contribution in [2.75, 3.05) is 13.7 Å². The molecule has 0 spiro atoms. The molecule has 1 aliphatic rings. The molecule has 0 amide bonds. The summed E-state index contributed by atoms with van der Waals surface area (Å²) in [5.74, 6) is -0.593. The van der Waals surface area contributed by atoms with Gasteiger partial charge in [0.1, 0.15) is 17.4 Å². The molecule has 6 nitrogen and oxygen atoms in total. The average Bonchev–Trinajstić information content (AvgIpc) is 2.61. The van der Waals surface area contributed by atoms with Gasteiger partial charge >= 0.3 is 0 Å². The van der Waals surface area contributed by atoms with Gasteiger partial charge in [-0.3, -0.25) is 4.79 Å². The number of hydrogen-bond donors (Lipinski definition) is 1. The number of allylic oxidation sites excluding steroid dienone is 1. The van der Waals surface area contributed by atoms with Crippen LogP contribution in [0.3, 0.4) is 0 Å². The third kappa shape index (κ3) is 3.30. The Morgan fingerprint density at radius 3 is 2.59 bits per heavy atom. The number of pyridine rings is 1. The van der Waals surface area contributed by atoms with E-state index in [4.69, 9.17) is 38.4 Å². The smallest absolute Gasteiger partial charge is 0.258 e. The van der Waals surface area contributed by atoms with E-state index in [0.29, 0.717) is 40.2 Å². The lowest BCUT2D eigenvalue weighted by atomic mass is 9.84. The maximum atomic E-state index is 13.3. The van der Waals surface area contributed by atoms with E-state index in [-0.39, 0.29) is 22.6 Å². The van der Waals surface area contributed by atoms with Gasteiger partial charge in [0.15, 0.2) is 0 Å². The fourth-order valence-corrected chi connectivity index (χ4v) is 3.84. The number of ether oxygens (including phenoxy) is 2. The van der Waals surface area contributed by atoms with E-state index >= 15 is 0 Å². The molecule has 0 saturated heterocycles. The van der Waals surface area contributed by atoms with Crippen molar-refractivity contribution >= 4 is 23.2 Å². The second-order valence-corrected chi connectivity index (χ2v) is 6.89. The van der Waals surface area contributed by atoms with Gasteiger partial charge in [-0.25, -0.2) is 0 Å². The van der Waals surface area contributed by atoms with Crippen LogP contribution >= 0.6 is 23.2 Å². The number of aromatic nitrogens is 1.